The molecule has 0 bridgehead atoms. The normalized spacial score (nSPS) is 17.5. The lowest BCUT2D eigenvalue weighted by molar-refractivity contribution is -0.384. The molecule has 0 radical (unpaired) electrons. The minimum Gasteiger partial charge on any atom is -0.457 e. The fraction of sp³-hybridized carbons (Fsp3) is 0.185. The molecule has 4 heterocycles. The molecule has 0 amide bonds. The van der Waals surface area contributed by atoms with Crippen molar-refractivity contribution < 1.29 is 24.0 Å². The van der Waals surface area contributed by atoms with E-state index in [1.807, 2.05) is 30.3 Å². The van der Waals surface area contributed by atoms with Crippen LogP contribution in [0, 0.1) is 10.1 Å². The Balaban J connectivity index is 1.50. The van der Waals surface area contributed by atoms with Gasteiger partial charge in [-0.2, -0.15) is 0 Å². The number of pyridine rings is 2. The number of benzene rings is 2. The largest absolute Gasteiger partial charge is 0.457 e. The van der Waals surface area contributed by atoms with Crippen LogP contribution in [0.5, 0.6) is 0 Å². The summed E-state index contributed by atoms with van der Waals surface area (Å²) in [5, 5.41) is 12.1. The molecule has 2 aliphatic rings. The van der Waals surface area contributed by atoms with Gasteiger partial charge in [0.1, 0.15) is 6.61 Å². The van der Waals surface area contributed by atoms with E-state index in [1.165, 1.54) is 18.2 Å². The zero-order valence-corrected chi connectivity index (χ0v) is 19.6. The summed E-state index contributed by atoms with van der Waals surface area (Å²) in [6.07, 6.45) is -0.0135. The van der Waals surface area contributed by atoms with Crippen LogP contribution in [0.1, 0.15) is 40.4 Å². The van der Waals surface area contributed by atoms with E-state index in [0.29, 0.717) is 17.9 Å². The summed E-state index contributed by atoms with van der Waals surface area (Å²) in [5.41, 5.74) is 0.569. The molecule has 10 heteroatoms. The molecule has 2 aliphatic heterocycles. The van der Waals surface area contributed by atoms with Crippen LogP contribution in [0.2, 0.25) is 0 Å². The molecule has 0 N–H and O–H groups in total. The Kier molecular flexibility index (Phi) is 4.94. The highest BCUT2D eigenvalue weighted by molar-refractivity contribution is 5.94. The number of esters is 2. The lowest BCUT2D eigenvalue weighted by Crippen LogP contribution is -2.47. The van der Waals surface area contributed by atoms with Gasteiger partial charge in [-0.1, -0.05) is 31.2 Å². The molecule has 37 heavy (non-hydrogen) atoms. The van der Waals surface area contributed by atoms with Gasteiger partial charge in [-0.25, -0.2) is 14.6 Å². The number of nitro groups is 1. The molecule has 0 spiro atoms. The lowest BCUT2D eigenvalue weighted by Gasteiger charge is -2.35. The Labute approximate surface area is 209 Å². The number of hydrogen-bond donors (Lipinski definition) is 0. The van der Waals surface area contributed by atoms with E-state index in [0.717, 1.165) is 22.5 Å². The van der Waals surface area contributed by atoms with Crippen molar-refractivity contribution in [2.75, 3.05) is 0 Å². The van der Waals surface area contributed by atoms with Gasteiger partial charge in [-0.05, 0) is 30.7 Å². The smallest absolute Gasteiger partial charge is 0.355 e. The maximum Gasteiger partial charge on any atom is 0.355 e. The monoisotopic (exact) mass is 497 g/mol. The molecule has 0 unspecified atom stereocenters. The fourth-order valence-electron chi connectivity index (χ4n) is 5.05. The zero-order chi connectivity index (χ0) is 25.9. The molecule has 184 valence electrons. The Hall–Kier alpha value is -4.86. The zero-order valence-electron chi connectivity index (χ0n) is 19.6. The molecule has 6 rings (SSSR count). The molecule has 2 aromatic carbocycles. The Morgan fingerprint density at radius 1 is 1.16 bits per heavy atom. The third kappa shape index (κ3) is 3.33. The minimum atomic E-state index is -1.90. The number of ether oxygens (including phenoxy) is 2. The summed E-state index contributed by atoms with van der Waals surface area (Å²) < 4.78 is 12.7. The molecule has 4 aromatic rings. The van der Waals surface area contributed by atoms with Gasteiger partial charge in [-0.3, -0.25) is 14.9 Å². The van der Waals surface area contributed by atoms with Crippen molar-refractivity contribution >= 4 is 28.5 Å². The Bertz CT molecular complexity index is 1730. The van der Waals surface area contributed by atoms with Gasteiger partial charge in [0.2, 0.25) is 5.60 Å². The van der Waals surface area contributed by atoms with Crippen molar-refractivity contribution in [2.24, 2.45) is 0 Å². The first kappa shape index (κ1) is 22.6. The van der Waals surface area contributed by atoms with Crippen LogP contribution < -0.4 is 5.56 Å². The summed E-state index contributed by atoms with van der Waals surface area (Å²) in [4.78, 5) is 55.2. The van der Waals surface area contributed by atoms with Gasteiger partial charge in [0.25, 0.3) is 11.2 Å². The predicted octanol–water partition coefficient (Wildman–Crippen LogP) is 3.85. The summed E-state index contributed by atoms with van der Waals surface area (Å²) in [6, 6.07) is 16.3. The standard InChI is InChI=1S/C27H19N3O7/c1-2-27(37-25(32)16-7-5-8-18(11-16)30(34)35)20-12-22-23-17(10-15-6-3-4-9-21(15)28-23)13-29(22)24(31)19(20)14-36-26(27)33/h3-12H,2,13-14H2,1H3/t27-/m0/s1. The number of fused-ring (bicyclic) bond motifs is 5. The average Bonchev–Trinajstić information content (AvgIpc) is 3.27. The van der Waals surface area contributed by atoms with E-state index >= 15 is 0 Å². The third-order valence-corrected chi connectivity index (χ3v) is 6.94. The van der Waals surface area contributed by atoms with Crippen molar-refractivity contribution in [1.29, 1.82) is 0 Å². The number of cyclic esters (lactones) is 1. The van der Waals surface area contributed by atoms with E-state index in [9.17, 15) is 24.5 Å². The number of carbonyl (C=O) groups excluding carboxylic acids is 2. The first-order chi connectivity index (χ1) is 17.8. The first-order valence-corrected chi connectivity index (χ1v) is 11.6. The second kappa shape index (κ2) is 8.09. The van der Waals surface area contributed by atoms with Gasteiger partial charge in [0.15, 0.2) is 0 Å². The molecule has 2 aromatic heterocycles. The number of nitrogens with zero attached hydrogens (tertiary/aromatic N) is 3. The van der Waals surface area contributed by atoms with Crippen molar-refractivity contribution in [2.45, 2.75) is 32.1 Å². The van der Waals surface area contributed by atoms with Gasteiger partial charge < -0.3 is 14.0 Å². The quantitative estimate of drug-likeness (QED) is 0.208. The van der Waals surface area contributed by atoms with Gasteiger partial charge in [0, 0.05) is 28.6 Å². The summed E-state index contributed by atoms with van der Waals surface area (Å²) >= 11 is 0. The van der Waals surface area contributed by atoms with Crippen LogP contribution in [-0.2, 0) is 33.0 Å². The van der Waals surface area contributed by atoms with Gasteiger partial charge in [-0.15, -0.1) is 0 Å². The number of hydrogen-bond acceptors (Lipinski definition) is 8. The van der Waals surface area contributed by atoms with Crippen molar-refractivity contribution in [1.82, 2.24) is 9.55 Å². The number of aromatic nitrogens is 2. The van der Waals surface area contributed by atoms with Gasteiger partial charge >= 0.3 is 11.9 Å². The Morgan fingerprint density at radius 2 is 1.97 bits per heavy atom. The molecule has 0 saturated heterocycles. The summed E-state index contributed by atoms with van der Waals surface area (Å²) in [5.74, 6) is -1.75. The van der Waals surface area contributed by atoms with Crippen molar-refractivity contribution in [3.8, 4) is 11.4 Å². The lowest BCUT2D eigenvalue weighted by atomic mass is 9.85. The minimum absolute atomic E-state index is 0.0135. The van der Waals surface area contributed by atoms with Gasteiger partial charge in [0.05, 0.1) is 39.5 Å². The number of rotatable bonds is 4. The molecule has 0 fully saturated rings. The molecular formula is C27H19N3O7. The summed E-state index contributed by atoms with van der Waals surface area (Å²) in [6.45, 7) is 1.70. The molecule has 0 saturated carbocycles. The SMILES string of the molecule is CC[C@@]1(OC(=O)c2cccc([N+](=O)[O-])c2)C(=O)OCc2c1cc1n(c2=O)Cc2cc3ccccc3nc2-1. The molecular weight excluding hydrogens is 478 g/mol. The molecule has 0 aliphatic carbocycles. The topological polar surface area (TPSA) is 131 Å². The van der Waals surface area contributed by atoms with E-state index in [-0.39, 0.29) is 41.0 Å². The van der Waals surface area contributed by atoms with Crippen molar-refractivity contribution in [3.63, 3.8) is 0 Å². The maximum absolute atomic E-state index is 13.6. The number of para-hydroxylation sites is 1. The predicted molar refractivity (Wildman–Crippen MR) is 131 cm³/mol. The van der Waals surface area contributed by atoms with Crippen LogP contribution in [0.4, 0.5) is 5.69 Å². The highest BCUT2D eigenvalue weighted by Crippen LogP contribution is 2.41. The highest BCUT2D eigenvalue weighted by Gasteiger charge is 2.50. The van der Waals surface area contributed by atoms with Crippen LogP contribution in [0.15, 0.2) is 65.5 Å². The fourth-order valence-corrected chi connectivity index (χ4v) is 5.05. The Morgan fingerprint density at radius 3 is 2.76 bits per heavy atom. The molecule has 10 nitrogen and oxygen atoms in total. The second-order valence-electron chi connectivity index (χ2n) is 8.96. The first-order valence-electron chi connectivity index (χ1n) is 11.6. The number of nitro benzene ring substituents is 1. The third-order valence-electron chi connectivity index (χ3n) is 6.94. The molecule has 1 atom stereocenters. The van der Waals surface area contributed by atoms with Crippen LogP contribution in [-0.4, -0.2) is 26.4 Å². The van der Waals surface area contributed by atoms with Crippen LogP contribution in [0.25, 0.3) is 22.3 Å². The second-order valence-corrected chi connectivity index (χ2v) is 8.96. The number of carbonyl (C=O) groups is 2. The van der Waals surface area contributed by atoms with E-state index in [2.05, 4.69) is 0 Å². The highest BCUT2D eigenvalue weighted by atomic mass is 16.6. The summed E-state index contributed by atoms with van der Waals surface area (Å²) in [7, 11) is 0. The van der Waals surface area contributed by atoms with E-state index in [1.54, 1.807) is 17.6 Å². The van der Waals surface area contributed by atoms with Crippen LogP contribution in [0.3, 0.4) is 0 Å². The van der Waals surface area contributed by atoms with Crippen LogP contribution >= 0.6 is 0 Å². The van der Waals surface area contributed by atoms with E-state index < -0.39 is 22.5 Å². The maximum atomic E-state index is 13.6. The average molecular weight is 497 g/mol. The van der Waals surface area contributed by atoms with E-state index in [4.69, 9.17) is 14.5 Å². The van der Waals surface area contributed by atoms with Crippen molar-refractivity contribution in [3.05, 3.63) is 103 Å². The number of non-ortho nitro benzene ring substituents is 1.